The Bertz CT molecular complexity index is 620. The molecule has 0 saturated carbocycles. The van der Waals surface area contributed by atoms with E-state index in [1.54, 1.807) is 18.2 Å². The molecule has 2 aromatic rings. The number of halogens is 1. The molecule has 1 aromatic heterocycles. The first kappa shape index (κ1) is 12.9. The maximum Gasteiger partial charge on any atom is 0.223 e. The van der Waals surface area contributed by atoms with Gasteiger partial charge in [0.25, 0.3) is 0 Å². The molecular formula is C16H17FN2O. The van der Waals surface area contributed by atoms with Crippen molar-refractivity contribution < 1.29 is 9.18 Å². The summed E-state index contributed by atoms with van der Waals surface area (Å²) in [5.74, 6) is -0.132. The smallest absolute Gasteiger partial charge is 0.223 e. The van der Waals surface area contributed by atoms with Crippen LogP contribution >= 0.6 is 0 Å². The molecule has 20 heavy (non-hydrogen) atoms. The van der Waals surface area contributed by atoms with Gasteiger partial charge in [0.15, 0.2) is 0 Å². The van der Waals surface area contributed by atoms with E-state index < -0.39 is 0 Å². The number of nitrogens with zero attached hydrogens (tertiary/aromatic N) is 1. The Hall–Kier alpha value is -2.10. The summed E-state index contributed by atoms with van der Waals surface area (Å²) in [5.41, 5.74) is 3.03. The predicted octanol–water partition coefficient (Wildman–Crippen LogP) is 2.67. The number of benzene rings is 1. The highest BCUT2D eigenvalue weighted by Crippen LogP contribution is 2.18. The fourth-order valence-electron chi connectivity index (χ4n) is 2.66. The van der Waals surface area contributed by atoms with Gasteiger partial charge in [-0.1, -0.05) is 18.2 Å². The molecule has 0 unspecified atom stereocenters. The number of aromatic amines is 1. The molecule has 1 N–H and O–H groups in total. The monoisotopic (exact) mass is 272 g/mol. The van der Waals surface area contributed by atoms with Gasteiger partial charge < -0.3 is 9.88 Å². The zero-order chi connectivity index (χ0) is 13.9. The minimum Gasteiger partial charge on any atom is -0.365 e. The standard InChI is InChI=1S/C16H17FN2O/c17-14-4-2-1-3-12(14)5-6-16(20)19-10-8-15-13(11-19)7-9-18-15/h1-4,7,9,18H,5-6,8,10-11H2. The van der Waals surface area contributed by atoms with Gasteiger partial charge in [0.2, 0.25) is 5.91 Å². The number of fused-ring (bicyclic) bond motifs is 1. The van der Waals surface area contributed by atoms with Gasteiger partial charge in [-0.3, -0.25) is 4.79 Å². The van der Waals surface area contributed by atoms with E-state index in [1.165, 1.54) is 17.3 Å². The van der Waals surface area contributed by atoms with Crippen LogP contribution in [0.4, 0.5) is 4.39 Å². The van der Waals surface area contributed by atoms with E-state index in [9.17, 15) is 9.18 Å². The molecule has 4 heteroatoms. The summed E-state index contributed by atoms with van der Waals surface area (Å²) in [6.07, 6.45) is 3.61. The van der Waals surface area contributed by atoms with E-state index >= 15 is 0 Å². The Balaban J connectivity index is 1.59. The maximum atomic E-state index is 13.5. The lowest BCUT2D eigenvalue weighted by Crippen LogP contribution is -2.35. The SMILES string of the molecule is O=C(CCc1ccccc1F)N1CCc2[nH]ccc2C1. The average Bonchev–Trinajstić information content (AvgIpc) is 2.93. The third-order valence-electron chi connectivity index (χ3n) is 3.84. The van der Waals surface area contributed by atoms with Crippen molar-refractivity contribution >= 4 is 5.91 Å². The van der Waals surface area contributed by atoms with Crippen LogP contribution in [0.2, 0.25) is 0 Å². The van der Waals surface area contributed by atoms with Gasteiger partial charge >= 0.3 is 0 Å². The zero-order valence-corrected chi connectivity index (χ0v) is 11.2. The Morgan fingerprint density at radius 3 is 3.00 bits per heavy atom. The van der Waals surface area contributed by atoms with Gasteiger partial charge in [-0.25, -0.2) is 4.39 Å². The second-order valence-corrected chi connectivity index (χ2v) is 5.14. The van der Waals surface area contributed by atoms with Gasteiger partial charge in [0.1, 0.15) is 5.82 Å². The number of amides is 1. The molecule has 0 saturated heterocycles. The van der Waals surface area contributed by atoms with Crippen LogP contribution in [0.3, 0.4) is 0 Å². The third-order valence-corrected chi connectivity index (χ3v) is 3.84. The van der Waals surface area contributed by atoms with E-state index in [0.717, 1.165) is 13.0 Å². The normalized spacial score (nSPS) is 14.2. The fourth-order valence-corrected chi connectivity index (χ4v) is 2.66. The lowest BCUT2D eigenvalue weighted by molar-refractivity contribution is -0.132. The first-order valence-electron chi connectivity index (χ1n) is 6.90. The number of carbonyl (C=O) groups is 1. The second-order valence-electron chi connectivity index (χ2n) is 5.14. The van der Waals surface area contributed by atoms with Crippen LogP contribution in [0.25, 0.3) is 0 Å². The van der Waals surface area contributed by atoms with Gasteiger partial charge in [0, 0.05) is 37.8 Å². The molecule has 1 amide bonds. The molecule has 0 radical (unpaired) electrons. The van der Waals surface area contributed by atoms with Crippen molar-refractivity contribution in [2.45, 2.75) is 25.8 Å². The largest absolute Gasteiger partial charge is 0.365 e. The van der Waals surface area contributed by atoms with E-state index in [2.05, 4.69) is 4.98 Å². The summed E-state index contributed by atoms with van der Waals surface area (Å²) in [6, 6.07) is 8.66. The lowest BCUT2D eigenvalue weighted by Gasteiger charge is -2.27. The molecule has 0 atom stereocenters. The van der Waals surface area contributed by atoms with Crippen molar-refractivity contribution in [1.82, 2.24) is 9.88 Å². The van der Waals surface area contributed by atoms with Crippen LogP contribution in [0.5, 0.6) is 0 Å². The summed E-state index contributed by atoms with van der Waals surface area (Å²) < 4.78 is 13.5. The van der Waals surface area contributed by atoms with Crippen LogP contribution in [0.1, 0.15) is 23.2 Å². The van der Waals surface area contributed by atoms with Crippen molar-refractivity contribution in [3.05, 3.63) is 59.2 Å². The van der Waals surface area contributed by atoms with Crippen LogP contribution < -0.4 is 0 Å². The molecule has 0 aliphatic carbocycles. The quantitative estimate of drug-likeness (QED) is 0.916. The molecule has 0 fully saturated rings. The Morgan fingerprint density at radius 2 is 2.15 bits per heavy atom. The minimum atomic E-state index is -0.230. The molecule has 3 rings (SSSR count). The molecule has 0 spiro atoms. The Morgan fingerprint density at radius 1 is 1.30 bits per heavy atom. The van der Waals surface area contributed by atoms with E-state index in [0.29, 0.717) is 24.9 Å². The molecule has 1 aliphatic rings. The van der Waals surface area contributed by atoms with Gasteiger partial charge in [-0.2, -0.15) is 0 Å². The molecule has 2 heterocycles. The Labute approximate surface area is 117 Å². The number of hydrogen-bond acceptors (Lipinski definition) is 1. The maximum absolute atomic E-state index is 13.5. The summed E-state index contributed by atoms with van der Waals surface area (Å²) in [4.78, 5) is 17.3. The van der Waals surface area contributed by atoms with E-state index in [4.69, 9.17) is 0 Å². The van der Waals surface area contributed by atoms with Crippen molar-refractivity contribution in [3.8, 4) is 0 Å². The van der Waals surface area contributed by atoms with Crippen molar-refractivity contribution in [2.75, 3.05) is 6.54 Å². The summed E-state index contributed by atoms with van der Waals surface area (Å²) >= 11 is 0. The lowest BCUT2D eigenvalue weighted by atomic mass is 10.1. The zero-order valence-electron chi connectivity index (χ0n) is 11.2. The summed E-state index contributed by atoms with van der Waals surface area (Å²) in [7, 11) is 0. The first-order chi connectivity index (χ1) is 9.74. The minimum absolute atomic E-state index is 0.0973. The number of hydrogen-bond donors (Lipinski definition) is 1. The van der Waals surface area contributed by atoms with Gasteiger partial charge in [-0.05, 0) is 29.7 Å². The molecule has 3 nitrogen and oxygen atoms in total. The van der Waals surface area contributed by atoms with Crippen molar-refractivity contribution in [3.63, 3.8) is 0 Å². The number of rotatable bonds is 3. The fraction of sp³-hybridized carbons (Fsp3) is 0.312. The second kappa shape index (κ2) is 5.49. The van der Waals surface area contributed by atoms with Gasteiger partial charge in [-0.15, -0.1) is 0 Å². The summed E-state index contributed by atoms with van der Waals surface area (Å²) in [5, 5.41) is 0. The average molecular weight is 272 g/mol. The number of H-pyrrole nitrogens is 1. The number of aromatic nitrogens is 1. The molecule has 1 aromatic carbocycles. The highest BCUT2D eigenvalue weighted by atomic mass is 19.1. The number of nitrogens with one attached hydrogen (secondary N) is 1. The highest BCUT2D eigenvalue weighted by Gasteiger charge is 2.21. The predicted molar refractivity (Wildman–Crippen MR) is 74.6 cm³/mol. The van der Waals surface area contributed by atoms with E-state index in [-0.39, 0.29) is 11.7 Å². The van der Waals surface area contributed by atoms with Crippen LogP contribution in [-0.4, -0.2) is 22.3 Å². The molecule has 0 bridgehead atoms. The van der Waals surface area contributed by atoms with Crippen LogP contribution in [-0.2, 0) is 24.2 Å². The summed E-state index contributed by atoms with van der Waals surface area (Å²) in [6.45, 7) is 1.40. The van der Waals surface area contributed by atoms with Crippen LogP contribution in [0.15, 0.2) is 36.5 Å². The first-order valence-corrected chi connectivity index (χ1v) is 6.90. The molecule has 1 aliphatic heterocycles. The molecular weight excluding hydrogens is 255 g/mol. The van der Waals surface area contributed by atoms with Crippen molar-refractivity contribution in [1.29, 1.82) is 0 Å². The van der Waals surface area contributed by atoms with Crippen LogP contribution in [0, 0.1) is 5.82 Å². The Kier molecular flexibility index (Phi) is 3.54. The number of carbonyl (C=O) groups excluding carboxylic acids is 1. The van der Waals surface area contributed by atoms with Gasteiger partial charge in [0.05, 0.1) is 0 Å². The third kappa shape index (κ3) is 2.59. The van der Waals surface area contributed by atoms with E-state index in [1.807, 2.05) is 17.2 Å². The van der Waals surface area contributed by atoms with Crippen molar-refractivity contribution in [2.24, 2.45) is 0 Å². The molecule has 104 valence electrons. The number of aryl methyl sites for hydroxylation is 1. The highest BCUT2D eigenvalue weighted by molar-refractivity contribution is 5.76. The topological polar surface area (TPSA) is 36.1 Å².